The predicted molar refractivity (Wildman–Crippen MR) is 73.7 cm³/mol. The highest BCUT2D eigenvalue weighted by molar-refractivity contribution is 5.87. The monoisotopic (exact) mass is 283 g/mol. The van der Waals surface area contributed by atoms with Gasteiger partial charge in [0.05, 0.1) is 11.4 Å². The van der Waals surface area contributed by atoms with Gasteiger partial charge in [-0.15, -0.1) is 0 Å². The fraction of sp³-hybridized carbons (Fsp3) is 0. The van der Waals surface area contributed by atoms with Crippen LogP contribution in [0.5, 0.6) is 0 Å². The molecule has 6 heteroatoms. The van der Waals surface area contributed by atoms with Crippen LogP contribution in [0, 0.1) is 5.82 Å². The van der Waals surface area contributed by atoms with E-state index in [4.69, 9.17) is 5.11 Å². The second-order valence-electron chi connectivity index (χ2n) is 4.35. The molecule has 0 atom stereocenters. The van der Waals surface area contributed by atoms with E-state index >= 15 is 0 Å². The van der Waals surface area contributed by atoms with Crippen molar-refractivity contribution in [3.63, 3.8) is 0 Å². The highest BCUT2D eigenvalue weighted by Crippen LogP contribution is 2.23. The maximum Gasteiger partial charge on any atom is 0.356 e. The van der Waals surface area contributed by atoms with E-state index in [2.05, 4.69) is 10.1 Å². The highest BCUT2D eigenvalue weighted by Gasteiger charge is 2.16. The van der Waals surface area contributed by atoms with Gasteiger partial charge >= 0.3 is 5.97 Å². The van der Waals surface area contributed by atoms with Gasteiger partial charge in [0, 0.05) is 18.0 Å². The maximum absolute atomic E-state index is 13.4. The summed E-state index contributed by atoms with van der Waals surface area (Å²) in [5.74, 6) is -1.55. The minimum Gasteiger partial charge on any atom is -0.476 e. The molecule has 0 unspecified atom stereocenters. The van der Waals surface area contributed by atoms with Crippen LogP contribution in [-0.2, 0) is 0 Å². The molecule has 0 aliphatic rings. The SMILES string of the molecule is O=C(O)c1cc(-c2ccncc2)n(-c2cccc(F)c2)n1. The van der Waals surface area contributed by atoms with Crippen molar-refractivity contribution in [3.05, 3.63) is 66.4 Å². The van der Waals surface area contributed by atoms with E-state index in [0.717, 1.165) is 5.56 Å². The van der Waals surface area contributed by atoms with Gasteiger partial charge in [-0.05, 0) is 36.4 Å². The highest BCUT2D eigenvalue weighted by atomic mass is 19.1. The van der Waals surface area contributed by atoms with Gasteiger partial charge in [-0.2, -0.15) is 5.10 Å². The van der Waals surface area contributed by atoms with Gasteiger partial charge in [0.2, 0.25) is 0 Å². The third-order valence-corrected chi connectivity index (χ3v) is 2.96. The summed E-state index contributed by atoms with van der Waals surface area (Å²) in [6, 6.07) is 10.7. The van der Waals surface area contributed by atoms with E-state index in [9.17, 15) is 9.18 Å². The van der Waals surface area contributed by atoms with Crippen molar-refractivity contribution < 1.29 is 14.3 Å². The molecule has 2 heterocycles. The number of rotatable bonds is 3. The van der Waals surface area contributed by atoms with E-state index in [-0.39, 0.29) is 5.69 Å². The second kappa shape index (κ2) is 5.16. The molecule has 0 bridgehead atoms. The second-order valence-corrected chi connectivity index (χ2v) is 4.35. The number of hydrogen-bond donors (Lipinski definition) is 1. The van der Waals surface area contributed by atoms with Crippen molar-refractivity contribution in [2.45, 2.75) is 0 Å². The van der Waals surface area contributed by atoms with Crippen molar-refractivity contribution in [2.24, 2.45) is 0 Å². The molecule has 2 aromatic heterocycles. The first-order valence-electron chi connectivity index (χ1n) is 6.15. The van der Waals surface area contributed by atoms with Crippen molar-refractivity contribution in [3.8, 4) is 16.9 Å². The summed E-state index contributed by atoms with van der Waals surface area (Å²) < 4.78 is 14.8. The Kier molecular flexibility index (Phi) is 3.19. The Morgan fingerprint density at radius 3 is 2.57 bits per heavy atom. The molecule has 1 aromatic carbocycles. The molecule has 0 aliphatic heterocycles. The lowest BCUT2D eigenvalue weighted by molar-refractivity contribution is 0.0690. The molecular weight excluding hydrogens is 273 g/mol. The molecule has 0 saturated carbocycles. The van der Waals surface area contributed by atoms with E-state index in [0.29, 0.717) is 11.4 Å². The third kappa shape index (κ3) is 2.51. The molecule has 0 amide bonds. The van der Waals surface area contributed by atoms with Crippen LogP contribution in [0.25, 0.3) is 16.9 Å². The fourth-order valence-corrected chi connectivity index (χ4v) is 2.02. The van der Waals surface area contributed by atoms with Gasteiger partial charge in [-0.1, -0.05) is 6.07 Å². The molecule has 0 fully saturated rings. The van der Waals surface area contributed by atoms with Crippen molar-refractivity contribution in [2.75, 3.05) is 0 Å². The standard InChI is InChI=1S/C15H10FN3O2/c16-11-2-1-3-12(8-11)19-14(9-13(18-19)15(20)21)10-4-6-17-7-5-10/h1-9H,(H,20,21). The number of carbonyl (C=O) groups is 1. The van der Waals surface area contributed by atoms with E-state index in [1.165, 1.54) is 22.9 Å². The maximum atomic E-state index is 13.4. The molecular formula is C15H10FN3O2. The van der Waals surface area contributed by atoms with Gasteiger partial charge in [0.15, 0.2) is 5.69 Å². The number of aromatic carboxylic acids is 1. The number of hydrogen-bond acceptors (Lipinski definition) is 3. The first kappa shape index (κ1) is 13.0. The topological polar surface area (TPSA) is 68.0 Å². The van der Waals surface area contributed by atoms with Crippen molar-refractivity contribution >= 4 is 5.97 Å². The number of halogens is 1. The van der Waals surface area contributed by atoms with Crippen LogP contribution in [-0.4, -0.2) is 25.8 Å². The van der Waals surface area contributed by atoms with E-state index in [1.54, 1.807) is 36.7 Å². The minimum absolute atomic E-state index is 0.105. The van der Waals surface area contributed by atoms with Crippen molar-refractivity contribution in [1.29, 1.82) is 0 Å². The summed E-state index contributed by atoms with van der Waals surface area (Å²) in [5, 5.41) is 13.1. The molecule has 104 valence electrons. The number of pyridine rings is 1. The minimum atomic E-state index is -1.14. The largest absolute Gasteiger partial charge is 0.476 e. The molecule has 21 heavy (non-hydrogen) atoms. The lowest BCUT2D eigenvalue weighted by Gasteiger charge is -2.07. The lowest BCUT2D eigenvalue weighted by Crippen LogP contribution is -2.02. The molecule has 3 rings (SSSR count). The summed E-state index contributed by atoms with van der Waals surface area (Å²) in [6.45, 7) is 0. The summed E-state index contributed by atoms with van der Waals surface area (Å²) in [6.07, 6.45) is 3.19. The quantitative estimate of drug-likeness (QED) is 0.802. The molecule has 0 spiro atoms. The van der Waals surface area contributed by atoms with Crippen LogP contribution in [0.4, 0.5) is 4.39 Å². The normalized spacial score (nSPS) is 10.5. The zero-order chi connectivity index (χ0) is 14.8. The average molecular weight is 283 g/mol. The Hall–Kier alpha value is -3.02. The van der Waals surface area contributed by atoms with Gasteiger partial charge in [-0.25, -0.2) is 13.9 Å². The fourth-order valence-electron chi connectivity index (χ4n) is 2.02. The van der Waals surface area contributed by atoms with E-state index < -0.39 is 11.8 Å². The number of aromatic nitrogens is 3. The molecule has 1 N–H and O–H groups in total. The first-order chi connectivity index (χ1) is 10.1. The van der Waals surface area contributed by atoms with Crippen LogP contribution in [0.3, 0.4) is 0 Å². The number of carboxylic acid groups (broad SMARTS) is 1. The lowest BCUT2D eigenvalue weighted by atomic mass is 10.2. The number of carboxylic acids is 1. The van der Waals surface area contributed by atoms with E-state index in [1.807, 2.05) is 0 Å². The Bertz CT molecular complexity index is 800. The molecule has 0 saturated heterocycles. The van der Waals surface area contributed by atoms with Crippen LogP contribution in [0.1, 0.15) is 10.5 Å². The molecule has 0 radical (unpaired) electrons. The van der Waals surface area contributed by atoms with Gasteiger partial charge in [0.25, 0.3) is 0 Å². The number of nitrogens with zero attached hydrogens (tertiary/aromatic N) is 3. The number of benzene rings is 1. The Labute approximate surface area is 119 Å². The molecule has 3 aromatic rings. The molecule has 0 aliphatic carbocycles. The smallest absolute Gasteiger partial charge is 0.356 e. The van der Waals surface area contributed by atoms with Crippen LogP contribution >= 0.6 is 0 Å². The average Bonchev–Trinajstić information content (AvgIpc) is 2.93. The van der Waals surface area contributed by atoms with Crippen LogP contribution < -0.4 is 0 Å². The first-order valence-corrected chi connectivity index (χ1v) is 6.15. The summed E-state index contributed by atoms with van der Waals surface area (Å²) in [7, 11) is 0. The Morgan fingerprint density at radius 2 is 1.90 bits per heavy atom. The Balaban J connectivity index is 2.21. The zero-order valence-electron chi connectivity index (χ0n) is 10.8. The summed E-state index contributed by atoms with van der Waals surface area (Å²) in [4.78, 5) is 15.1. The summed E-state index contributed by atoms with van der Waals surface area (Å²) >= 11 is 0. The van der Waals surface area contributed by atoms with Crippen LogP contribution in [0.2, 0.25) is 0 Å². The van der Waals surface area contributed by atoms with Crippen LogP contribution in [0.15, 0.2) is 54.9 Å². The predicted octanol–water partition coefficient (Wildman–Crippen LogP) is 2.77. The molecule has 5 nitrogen and oxygen atoms in total. The third-order valence-electron chi connectivity index (χ3n) is 2.96. The summed E-state index contributed by atoms with van der Waals surface area (Å²) in [5.41, 5.74) is 1.65. The Morgan fingerprint density at radius 1 is 1.14 bits per heavy atom. The zero-order valence-corrected chi connectivity index (χ0v) is 10.8. The van der Waals surface area contributed by atoms with Gasteiger partial charge in [-0.3, -0.25) is 4.98 Å². The van der Waals surface area contributed by atoms with Crippen molar-refractivity contribution in [1.82, 2.24) is 14.8 Å². The van der Waals surface area contributed by atoms with Gasteiger partial charge < -0.3 is 5.11 Å². The van der Waals surface area contributed by atoms with Gasteiger partial charge in [0.1, 0.15) is 5.82 Å².